The van der Waals surface area contributed by atoms with Crippen molar-refractivity contribution in [1.82, 2.24) is 0 Å². The molecular weight excluding hydrogens is 316 g/mol. The third-order valence-corrected chi connectivity index (χ3v) is 4.03. The van der Waals surface area contributed by atoms with Gasteiger partial charge in [-0.1, -0.05) is 44.2 Å². The predicted octanol–water partition coefficient (Wildman–Crippen LogP) is 4.66. The molecule has 0 radical (unpaired) electrons. The zero-order valence-corrected chi connectivity index (χ0v) is 13.5. The lowest BCUT2D eigenvalue weighted by atomic mass is 9.97. The minimum Gasteiger partial charge on any atom is -0.496 e. The third-order valence-electron chi connectivity index (χ3n) is 3.41. The van der Waals surface area contributed by atoms with Crippen molar-refractivity contribution < 1.29 is 9.84 Å². The molecule has 0 bridgehead atoms. The van der Waals surface area contributed by atoms with Gasteiger partial charge in [-0.05, 0) is 50.7 Å². The molecule has 0 saturated heterocycles. The maximum absolute atomic E-state index is 10.4. The van der Waals surface area contributed by atoms with Crippen molar-refractivity contribution in [1.29, 1.82) is 0 Å². The highest BCUT2D eigenvalue weighted by Gasteiger charge is 2.12. The topological polar surface area (TPSA) is 29.5 Å². The normalized spacial score (nSPS) is 12.5. The standard InChI is InChI=1S/C17H19BrO2/c1-11(2)12-4-6-13(7-5-12)17(19)14-8-9-16(20-3)15(18)10-14/h4-11,17,19H,1-3H3. The number of hydrogen-bond donors (Lipinski definition) is 1. The van der Waals surface area contributed by atoms with Crippen LogP contribution >= 0.6 is 15.9 Å². The van der Waals surface area contributed by atoms with Crippen LogP contribution in [-0.2, 0) is 0 Å². The van der Waals surface area contributed by atoms with Crippen LogP contribution in [0.2, 0.25) is 0 Å². The number of aliphatic hydroxyl groups excluding tert-OH is 1. The predicted molar refractivity (Wildman–Crippen MR) is 85.3 cm³/mol. The van der Waals surface area contributed by atoms with Crippen molar-refractivity contribution in [3.05, 3.63) is 63.6 Å². The molecular formula is C17H19BrO2. The highest BCUT2D eigenvalue weighted by molar-refractivity contribution is 9.10. The average Bonchev–Trinajstić information content (AvgIpc) is 2.46. The van der Waals surface area contributed by atoms with Gasteiger partial charge in [-0.25, -0.2) is 0 Å². The maximum Gasteiger partial charge on any atom is 0.133 e. The molecule has 2 rings (SSSR count). The SMILES string of the molecule is COc1ccc(C(O)c2ccc(C(C)C)cc2)cc1Br. The zero-order chi connectivity index (χ0) is 14.7. The zero-order valence-electron chi connectivity index (χ0n) is 11.9. The Balaban J connectivity index is 2.26. The van der Waals surface area contributed by atoms with Crippen molar-refractivity contribution >= 4 is 15.9 Å². The van der Waals surface area contributed by atoms with E-state index in [4.69, 9.17) is 4.74 Å². The van der Waals surface area contributed by atoms with Crippen LogP contribution in [0.25, 0.3) is 0 Å². The van der Waals surface area contributed by atoms with Crippen LogP contribution in [-0.4, -0.2) is 12.2 Å². The summed E-state index contributed by atoms with van der Waals surface area (Å²) in [6.45, 7) is 4.32. The summed E-state index contributed by atoms with van der Waals surface area (Å²) in [7, 11) is 1.63. The highest BCUT2D eigenvalue weighted by Crippen LogP contribution is 2.31. The quantitative estimate of drug-likeness (QED) is 0.880. The Hall–Kier alpha value is -1.32. The first-order valence-electron chi connectivity index (χ1n) is 6.64. The second kappa shape index (κ2) is 6.42. The fourth-order valence-electron chi connectivity index (χ4n) is 2.11. The molecule has 0 aliphatic rings. The molecule has 2 aromatic rings. The fourth-order valence-corrected chi connectivity index (χ4v) is 2.67. The van der Waals surface area contributed by atoms with Crippen LogP contribution < -0.4 is 4.74 Å². The van der Waals surface area contributed by atoms with E-state index in [2.05, 4.69) is 41.9 Å². The van der Waals surface area contributed by atoms with Crippen LogP contribution in [0.3, 0.4) is 0 Å². The molecule has 0 saturated carbocycles. The fraction of sp³-hybridized carbons (Fsp3) is 0.294. The van der Waals surface area contributed by atoms with Gasteiger partial charge in [0.2, 0.25) is 0 Å². The summed E-state index contributed by atoms with van der Waals surface area (Å²) in [5, 5.41) is 10.4. The number of halogens is 1. The molecule has 2 nitrogen and oxygen atoms in total. The summed E-state index contributed by atoms with van der Waals surface area (Å²) in [5.74, 6) is 1.26. The van der Waals surface area contributed by atoms with Crippen LogP contribution in [0.5, 0.6) is 5.75 Å². The molecule has 1 atom stereocenters. The van der Waals surface area contributed by atoms with E-state index in [-0.39, 0.29) is 0 Å². The molecule has 0 fully saturated rings. The highest BCUT2D eigenvalue weighted by atomic mass is 79.9. The van der Waals surface area contributed by atoms with Gasteiger partial charge in [0, 0.05) is 0 Å². The summed E-state index contributed by atoms with van der Waals surface area (Å²) >= 11 is 3.44. The van der Waals surface area contributed by atoms with Gasteiger partial charge < -0.3 is 9.84 Å². The first-order valence-corrected chi connectivity index (χ1v) is 7.43. The molecule has 0 aliphatic carbocycles. The van der Waals surface area contributed by atoms with Crippen molar-refractivity contribution in [3.63, 3.8) is 0 Å². The van der Waals surface area contributed by atoms with E-state index in [0.29, 0.717) is 5.92 Å². The van der Waals surface area contributed by atoms with Crippen LogP contribution in [0, 0.1) is 0 Å². The molecule has 20 heavy (non-hydrogen) atoms. The number of aliphatic hydroxyl groups is 1. The minimum absolute atomic E-state index is 0.497. The van der Waals surface area contributed by atoms with Gasteiger partial charge in [0.1, 0.15) is 11.9 Å². The largest absolute Gasteiger partial charge is 0.496 e. The molecule has 0 heterocycles. The lowest BCUT2D eigenvalue weighted by Crippen LogP contribution is -2.00. The first-order chi connectivity index (χ1) is 9.52. The maximum atomic E-state index is 10.4. The smallest absolute Gasteiger partial charge is 0.133 e. The van der Waals surface area contributed by atoms with Crippen LogP contribution in [0.15, 0.2) is 46.9 Å². The molecule has 1 N–H and O–H groups in total. The molecule has 1 unspecified atom stereocenters. The number of ether oxygens (including phenoxy) is 1. The summed E-state index contributed by atoms with van der Waals surface area (Å²) in [5.41, 5.74) is 3.01. The minimum atomic E-state index is -0.626. The Kier molecular flexibility index (Phi) is 4.84. The van der Waals surface area contributed by atoms with Gasteiger partial charge in [-0.3, -0.25) is 0 Å². The van der Waals surface area contributed by atoms with Gasteiger partial charge in [0.15, 0.2) is 0 Å². The van der Waals surface area contributed by atoms with E-state index < -0.39 is 6.10 Å². The van der Waals surface area contributed by atoms with E-state index in [9.17, 15) is 5.11 Å². The van der Waals surface area contributed by atoms with Gasteiger partial charge in [-0.15, -0.1) is 0 Å². The molecule has 0 aliphatic heterocycles. The van der Waals surface area contributed by atoms with Gasteiger partial charge in [0.25, 0.3) is 0 Å². The molecule has 0 amide bonds. The summed E-state index contributed by atoms with van der Waals surface area (Å²) in [6, 6.07) is 13.7. The van der Waals surface area contributed by atoms with Gasteiger partial charge in [0.05, 0.1) is 11.6 Å². The lowest BCUT2D eigenvalue weighted by Gasteiger charge is -2.14. The van der Waals surface area contributed by atoms with E-state index in [0.717, 1.165) is 21.3 Å². The summed E-state index contributed by atoms with van der Waals surface area (Å²) in [4.78, 5) is 0. The Bertz CT molecular complexity index is 576. The first kappa shape index (κ1) is 15.1. The van der Waals surface area contributed by atoms with Crippen molar-refractivity contribution in [2.45, 2.75) is 25.9 Å². The van der Waals surface area contributed by atoms with E-state index >= 15 is 0 Å². The average molecular weight is 335 g/mol. The number of methoxy groups -OCH3 is 1. The van der Waals surface area contributed by atoms with Crippen molar-refractivity contribution in [3.8, 4) is 5.75 Å². The van der Waals surface area contributed by atoms with Gasteiger partial charge in [-0.2, -0.15) is 0 Å². The van der Waals surface area contributed by atoms with Crippen molar-refractivity contribution in [2.75, 3.05) is 7.11 Å². The van der Waals surface area contributed by atoms with Crippen LogP contribution in [0.1, 0.15) is 42.6 Å². The van der Waals surface area contributed by atoms with E-state index in [1.807, 2.05) is 30.3 Å². The second-order valence-corrected chi connectivity index (χ2v) is 5.97. The molecule has 0 aromatic heterocycles. The Labute approximate surface area is 128 Å². The third kappa shape index (κ3) is 3.22. The van der Waals surface area contributed by atoms with Crippen LogP contribution in [0.4, 0.5) is 0 Å². The molecule has 3 heteroatoms. The number of benzene rings is 2. The number of hydrogen-bond acceptors (Lipinski definition) is 2. The monoisotopic (exact) mass is 334 g/mol. The Morgan fingerprint density at radius 2 is 1.50 bits per heavy atom. The summed E-state index contributed by atoms with van der Waals surface area (Å²) < 4.78 is 6.04. The Morgan fingerprint density at radius 1 is 0.950 bits per heavy atom. The second-order valence-electron chi connectivity index (χ2n) is 5.12. The molecule has 2 aromatic carbocycles. The molecule has 106 valence electrons. The van der Waals surface area contributed by atoms with Crippen molar-refractivity contribution in [2.24, 2.45) is 0 Å². The Morgan fingerprint density at radius 3 is 2.00 bits per heavy atom. The lowest BCUT2D eigenvalue weighted by molar-refractivity contribution is 0.220. The summed E-state index contributed by atoms with van der Waals surface area (Å²) in [6.07, 6.45) is -0.626. The van der Waals surface area contributed by atoms with E-state index in [1.54, 1.807) is 7.11 Å². The van der Waals surface area contributed by atoms with Gasteiger partial charge >= 0.3 is 0 Å². The molecule has 0 spiro atoms. The number of rotatable bonds is 4. The van der Waals surface area contributed by atoms with E-state index in [1.165, 1.54) is 5.56 Å².